The number of anilines is 1. The van der Waals surface area contributed by atoms with Crippen LogP contribution in [0, 0.1) is 17.2 Å². The number of nitrogens with zero attached hydrogens (tertiary/aromatic N) is 4. The van der Waals surface area contributed by atoms with Crippen molar-refractivity contribution in [2.75, 3.05) is 5.73 Å². The first-order valence-electron chi connectivity index (χ1n) is 8.06. The Balaban J connectivity index is 1.71. The van der Waals surface area contributed by atoms with Gasteiger partial charge in [0.05, 0.1) is 11.6 Å². The second-order valence-corrected chi connectivity index (χ2v) is 6.85. The van der Waals surface area contributed by atoms with Gasteiger partial charge in [-0.2, -0.15) is 10.4 Å². The zero-order valence-electron chi connectivity index (χ0n) is 14.0. The third-order valence-electron chi connectivity index (χ3n) is 4.96. The lowest BCUT2D eigenvalue weighted by atomic mass is 9.90. The Hall–Kier alpha value is -2.74. The number of nitrogen functional groups attached to an aromatic ring is 1. The molecule has 1 saturated heterocycles. The molecule has 0 amide bonds. The van der Waals surface area contributed by atoms with E-state index in [0.29, 0.717) is 5.52 Å². The number of hydrogen-bond donors (Lipinski definition) is 3. The molecular weight excluding hydrogens is 342 g/mol. The number of hydrogen-bond acceptors (Lipinski definition) is 9. The first-order chi connectivity index (χ1) is 12.3. The minimum atomic E-state index is -1.88. The normalized spacial score (nSPS) is 35.3. The molecule has 2 aromatic rings. The van der Waals surface area contributed by atoms with Crippen molar-refractivity contribution in [3.8, 4) is 6.07 Å². The van der Waals surface area contributed by atoms with Gasteiger partial charge in [0.2, 0.25) is 5.60 Å². The first kappa shape index (κ1) is 16.7. The van der Waals surface area contributed by atoms with Crippen molar-refractivity contribution in [3.63, 3.8) is 0 Å². The molecule has 2 aromatic heterocycles. The molecular formula is C16H17N5O5. The summed E-state index contributed by atoms with van der Waals surface area (Å²) in [6, 6.07) is 5.04. The van der Waals surface area contributed by atoms with Crippen LogP contribution in [0.1, 0.15) is 19.5 Å². The van der Waals surface area contributed by atoms with E-state index in [1.165, 1.54) is 16.9 Å². The lowest BCUT2D eigenvalue weighted by Gasteiger charge is -2.29. The number of aliphatic hydroxyl groups is 2. The number of nitriles is 1. The summed E-state index contributed by atoms with van der Waals surface area (Å²) in [4.78, 5) is 15.6. The van der Waals surface area contributed by atoms with Crippen molar-refractivity contribution in [1.82, 2.24) is 14.6 Å². The molecule has 2 aliphatic rings. The Kier molecular flexibility index (Phi) is 3.30. The maximum Gasteiger partial charge on any atom is 0.308 e. The number of aromatic nitrogens is 3. The Morgan fingerprint density at radius 3 is 2.85 bits per heavy atom. The van der Waals surface area contributed by atoms with Crippen LogP contribution in [-0.4, -0.2) is 54.7 Å². The molecule has 1 aliphatic carbocycles. The summed E-state index contributed by atoms with van der Waals surface area (Å²) >= 11 is 0. The molecule has 4 N–H and O–H groups in total. The van der Waals surface area contributed by atoms with E-state index in [9.17, 15) is 20.3 Å². The summed E-state index contributed by atoms with van der Waals surface area (Å²) in [5.74, 6) is -0.726. The lowest BCUT2D eigenvalue weighted by Crippen LogP contribution is -2.47. The van der Waals surface area contributed by atoms with E-state index >= 15 is 0 Å². The zero-order valence-corrected chi connectivity index (χ0v) is 14.0. The van der Waals surface area contributed by atoms with Gasteiger partial charge in [-0.1, -0.05) is 13.8 Å². The van der Waals surface area contributed by atoms with E-state index in [0.717, 1.165) is 0 Å². The number of fused-ring (bicyclic) bond motifs is 2. The highest BCUT2D eigenvalue weighted by atomic mass is 16.6. The Bertz CT molecular complexity index is 952. The predicted octanol–water partition coefficient (Wildman–Crippen LogP) is -0.897. The van der Waals surface area contributed by atoms with E-state index in [-0.39, 0.29) is 11.5 Å². The van der Waals surface area contributed by atoms with Crippen molar-refractivity contribution in [2.24, 2.45) is 5.92 Å². The number of carbonyl (C=O) groups excluding carboxylic acids is 1. The molecule has 0 spiro atoms. The second kappa shape index (κ2) is 5.14. The molecule has 10 nitrogen and oxygen atoms in total. The third-order valence-corrected chi connectivity index (χ3v) is 4.96. The van der Waals surface area contributed by atoms with Crippen LogP contribution < -0.4 is 5.73 Å². The van der Waals surface area contributed by atoms with Crippen LogP contribution in [0.25, 0.3) is 5.52 Å². The second-order valence-electron chi connectivity index (χ2n) is 6.85. The fourth-order valence-electron chi connectivity index (χ4n) is 3.39. The van der Waals surface area contributed by atoms with Crippen molar-refractivity contribution in [3.05, 3.63) is 24.2 Å². The number of rotatable bonds is 3. The highest BCUT2D eigenvalue weighted by molar-refractivity contribution is 5.72. The van der Waals surface area contributed by atoms with Crippen molar-refractivity contribution < 1.29 is 24.5 Å². The Labute approximate surface area is 147 Å². The molecule has 1 aliphatic heterocycles. The fraction of sp³-hybridized carbons (Fsp3) is 0.500. The number of ether oxygens (including phenoxy) is 2. The SMILES string of the molecule is CC(C)C(=O)OC1[C@H]2O[C@@](C#N)(c3ccc4c(N)ncnn34)[C@H](O)[C@@]12O. The predicted molar refractivity (Wildman–Crippen MR) is 85.2 cm³/mol. The number of carbonyl (C=O) groups is 1. The first-order valence-corrected chi connectivity index (χ1v) is 8.06. The molecule has 2 fully saturated rings. The minimum absolute atomic E-state index is 0.194. The summed E-state index contributed by atoms with van der Waals surface area (Å²) in [5.41, 5.74) is 2.68. The lowest BCUT2D eigenvalue weighted by molar-refractivity contribution is -0.162. The van der Waals surface area contributed by atoms with Gasteiger partial charge >= 0.3 is 5.97 Å². The van der Waals surface area contributed by atoms with Crippen molar-refractivity contribution in [1.29, 1.82) is 5.26 Å². The smallest absolute Gasteiger partial charge is 0.308 e. The molecule has 10 heteroatoms. The van der Waals surface area contributed by atoms with Crippen molar-refractivity contribution >= 4 is 17.3 Å². The van der Waals surface area contributed by atoms with E-state index < -0.39 is 41.4 Å². The summed E-state index contributed by atoms with van der Waals surface area (Å²) < 4.78 is 12.2. The molecule has 5 atom stereocenters. The van der Waals surface area contributed by atoms with Crippen LogP contribution in [0.5, 0.6) is 0 Å². The fourth-order valence-corrected chi connectivity index (χ4v) is 3.39. The number of aliphatic hydroxyl groups excluding tert-OH is 1. The summed E-state index contributed by atoms with van der Waals surface area (Å²) in [7, 11) is 0. The van der Waals surface area contributed by atoms with Crippen LogP contribution in [0.4, 0.5) is 5.82 Å². The van der Waals surface area contributed by atoms with Gasteiger partial charge in [0.25, 0.3) is 0 Å². The monoisotopic (exact) mass is 359 g/mol. The van der Waals surface area contributed by atoms with Crippen LogP contribution in [-0.2, 0) is 19.9 Å². The quantitative estimate of drug-likeness (QED) is 0.591. The molecule has 1 unspecified atom stereocenters. The highest BCUT2D eigenvalue weighted by Gasteiger charge is 2.84. The standard InChI is InChI=1S/C16H17N5O5/c1-7(2)13(22)25-10-11-16(10,24)14(23)15(5-17,26-11)9-4-3-8-12(18)19-6-20-21(8)9/h3-4,6-7,10-11,14,23-24H,1-2H3,(H2,18,19,20)/t10?,11-,14+,15+,16-/m1/s1. The van der Waals surface area contributed by atoms with Gasteiger partial charge < -0.3 is 25.4 Å². The summed E-state index contributed by atoms with van der Waals surface area (Å²) in [5, 5.41) is 35.3. The van der Waals surface area contributed by atoms with Gasteiger partial charge in [0, 0.05) is 0 Å². The zero-order chi connectivity index (χ0) is 18.9. The van der Waals surface area contributed by atoms with Gasteiger partial charge in [-0.05, 0) is 12.1 Å². The van der Waals surface area contributed by atoms with Crippen LogP contribution in [0.3, 0.4) is 0 Å². The summed E-state index contributed by atoms with van der Waals surface area (Å²) in [6.45, 7) is 3.30. The number of esters is 1. The largest absolute Gasteiger partial charge is 0.456 e. The minimum Gasteiger partial charge on any atom is -0.456 e. The molecule has 0 bridgehead atoms. The Morgan fingerprint density at radius 2 is 2.27 bits per heavy atom. The van der Waals surface area contributed by atoms with Crippen molar-refractivity contribution in [2.45, 2.75) is 43.4 Å². The molecule has 26 heavy (non-hydrogen) atoms. The average molecular weight is 359 g/mol. The van der Waals surface area contributed by atoms with E-state index in [4.69, 9.17) is 15.2 Å². The molecule has 4 rings (SSSR count). The molecule has 3 heterocycles. The topological polar surface area (TPSA) is 156 Å². The number of nitrogens with two attached hydrogens (primary N) is 1. The molecule has 136 valence electrons. The third kappa shape index (κ3) is 1.87. The van der Waals surface area contributed by atoms with Gasteiger partial charge in [-0.15, -0.1) is 0 Å². The Morgan fingerprint density at radius 1 is 1.54 bits per heavy atom. The highest BCUT2D eigenvalue weighted by Crippen LogP contribution is 2.59. The molecule has 0 aromatic carbocycles. The molecule has 0 radical (unpaired) electrons. The van der Waals surface area contributed by atoms with Gasteiger partial charge in [0.15, 0.2) is 17.5 Å². The van der Waals surface area contributed by atoms with Crippen LogP contribution in [0.15, 0.2) is 18.5 Å². The summed E-state index contributed by atoms with van der Waals surface area (Å²) in [6.07, 6.45) is -2.48. The van der Waals surface area contributed by atoms with Gasteiger partial charge in [0.1, 0.15) is 30.1 Å². The molecule has 1 saturated carbocycles. The van der Waals surface area contributed by atoms with E-state index in [1.807, 2.05) is 6.07 Å². The maximum absolute atomic E-state index is 11.8. The van der Waals surface area contributed by atoms with Gasteiger partial charge in [-0.3, -0.25) is 4.79 Å². The average Bonchev–Trinajstić information content (AvgIpc) is 2.92. The van der Waals surface area contributed by atoms with E-state index in [1.54, 1.807) is 19.9 Å². The van der Waals surface area contributed by atoms with Crippen LogP contribution >= 0.6 is 0 Å². The van der Waals surface area contributed by atoms with Crippen LogP contribution in [0.2, 0.25) is 0 Å². The van der Waals surface area contributed by atoms with Gasteiger partial charge in [-0.25, -0.2) is 9.50 Å². The maximum atomic E-state index is 11.8. The van der Waals surface area contributed by atoms with E-state index in [2.05, 4.69) is 10.1 Å².